The molecule has 170 valence electrons. The van der Waals surface area contributed by atoms with Crippen molar-refractivity contribution in [1.82, 2.24) is 0 Å². The van der Waals surface area contributed by atoms with E-state index in [-0.39, 0.29) is 11.1 Å². The zero-order valence-electron chi connectivity index (χ0n) is 19.3. The highest BCUT2D eigenvalue weighted by Gasteiger charge is 2.10. The number of isothiocyanates is 1. The standard InChI is InChI=1S/C30H25F2NS/c1-3-5-6-24(4-2)25-13-15-27(16-14-25)26-11-9-22(10-12-26)7-8-23-19-29(31)28(30(32)20-23)17-18-33-21-34/h9-16,19-20,24H,3-6H2,1-2H3. The topological polar surface area (TPSA) is 12.4 Å². The molecule has 1 unspecified atom stereocenters. The van der Waals surface area contributed by atoms with E-state index < -0.39 is 11.6 Å². The number of benzene rings is 3. The van der Waals surface area contributed by atoms with Gasteiger partial charge in [0.1, 0.15) is 11.6 Å². The van der Waals surface area contributed by atoms with Gasteiger partial charge in [-0.1, -0.05) is 74.9 Å². The van der Waals surface area contributed by atoms with Gasteiger partial charge in [0.25, 0.3) is 0 Å². The summed E-state index contributed by atoms with van der Waals surface area (Å²) < 4.78 is 28.3. The van der Waals surface area contributed by atoms with Crippen LogP contribution in [-0.4, -0.2) is 5.16 Å². The minimum atomic E-state index is -0.796. The molecule has 0 aliphatic rings. The van der Waals surface area contributed by atoms with Crippen LogP contribution in [0.3, 0.4) is 0 Å². The van der Waals surface area contributed by atoms with Gasteiger partial charge in [-0.05, 0) is 77.9 Å². The lowest BCUT2D eigenvalue weighted by molar-refractivity contribution is 0.570. The number of halogens is 2. The quantitative estimate of drug-likeness (QED) is 0.202. The van der Waals surface area contributed by atoms with Crippen molar-refractivity contribution in [2.24, 2.45) is 4.99 Å². The highest BCUT2D eigenvalue weighted by molar-refractivity contribution is 7.78. The molecule has 1 nitrogen and oxygen atoms in total. The molecule has 3 aromatic carbocycles. The summed E-state index contributed by atoms with van der Waals surface area (Å²) in [5, 5.41) is 2.02. The Morgan fingerprint density at radius 3 is 1.97 bits per heavy atom. The Bertz CT molecular complexity index is 1270. The van der Waals surface area contributed by atoms with Crippen LogP contribution in [0, 0.1) is 35.4 Å². The van der Waals surface area contributed by atoms with Crippen molar-refractivity contribution in [2.45, 2.75) is 45.4 Å². The number of nitrogens with zero attached hydrogens (tertiary/aromatic N) is 1. The van der Waals surface area contributed by atoms with Gasteiger partial charge in [-0.3, -0.25) is 0 Å². The van der Waals surface area contributed by atoms with Crippen LogP contribution in [0.25, 0.3) is 11.1 Å². The van der Waals surface area contributed by atoms with Gasteiger partial charge >= 0.3 is 0 Å². The molecule has 0 bridgehead atoms. The molecule has 0 aliphatic heterocycles. The molecule has 4 heteroatoms. The predicted octanol–water partition coefficient (Wildman–Crippen LogP) is 8.13. The van der Waals surface area contributed by atoms with Gasteiger partial charge in [0.05, 0.1) is 16.8 Å². The number of thiocarbonyl (C=S) groups is 1. The van der Waals surface area contributed by atoms with E-state index in [1.54, 1.807) is 0 Å². The third kappa shape index (κ3) is 6.72. The van der Waals surface area contributed by atoms with Crippen LogP contribution in [-0.2, 0) is 0 Å². The smallest absolute Gasteiger partial charge is 0.143 e. The van der Waals surface area contributed by atoms with Crippen molar-refractivity contribution >= 4 is 17.4 Å². The molecule has 0 aromatic heterocycles. The summed E-state index contributed by atoms with van der Waals surface area (Å²) in [7, 11) is 0. The van der Waals surface area contributed by atoms with Crippen LogP contribution in [0.4, 0.5) is 8.78 Å². The van der Waals surface area contributed by atoms with Crippen molar-refractivity contribution in [2.75, 3.05) is 0 Å². The Morgan fingerprint density at radius 1 is 0.824 bits per heavy atom. The number of aliphatic imine (C=N–C) groups is 1. The molecule has 0 N–H and O–H groups in total. The van der Waals surface area contributed by atoms with Crippen LogP contribution in [0.2, 0.25) is 0 Å². The normalized spacial score (nSPS) is 10.8. The molecular weight excluding hydrogens is 444 g/mol. The fourth-order valence-corrected chi connectivity index (χ4v) is 3.81. The lowest BCUT2D eigenvalue weighted by Crippen LogP contribution is -1.97. The summed E-state index contributed by atoms with van der Waals surface area (Å²) in [4.78, 5) is 3.35. The van der Waals surface area contributed by atoms with Gasteiger partial charge < -0.3 is 0 Å². The Morgan fingerprint density at radius 2 is 1.41 bits per heavy atom. The monoisotopic (exact) mass is 469 g/mol. The average Bonchev–Trinajstić information content (AvgIpc) is 2.85. The number of hydrogen-bond donors (Lipinski definition) is 0. The maximum atomic E-state index is 14.2. The molecule has 0 saturated carbocycles. The molecule has 0 saturated heterocycles. The Kier molecular flexibility index (Phi) is 9.30. The van der Waals surface area contributed by atoms with Gasteiger partial charge in [0.2, 0.25) is 0 Å². The summed E-state index contributed by atoms with van der Waals surface area (Å²) in [6.45, 7) is 4.48. The minimum absolute atomic E-state index is 0.229. The van der Waals surface area contributed by atoms with Crippen LogP contribution >= 0.6 is 12.2 Å². The SMILES string of the molecule is CCCCC(CC)c1ccc(-c2ccc(C#Cc3cc(F)c(C#CN=C=S)c(F)c3)cc2)cc1. The predicted molar refractivity (Wildman–Crippen MR) is 139 cm³/mol. The first-order valence-corrected chi connectivity index (χ1v) is 11.8. The maximum Gasteiger partial charge on any atom is 0.143 e. The molecule has 0 fully saturated rings. The molecular formula is C30H25F2NS. The lowest BCUT2D eigenvalue weighted by atomic mass is 9.90. The molecule has 0 radical (unpaired) electrons. The molecule has 0 spiro atoms. The van der Waals surface area contributed by atoms with Gasteiger partial charge in [-0.15, -0.1) is 4.99 Å². The van der Waals surface area contributed by atoms with Crippen LogP contribution in [0.1, 0.15) is 67.7 Å². The van der Waals surface area contributed by atoms with Crippen molar-refractivity contribution < 1.29 is 8.78 Å². The molecule has 1 atom stereocenters. The van der Waals surface area contributed by atoms with Crippen LogP contribution in [0.5, 0.6) is 0 Å². The molecule has 34 heavy (non-hydrogen) atoms. The van der Waals surface area contributed by atoms with Crippen molar-refractivity contribution in [1.29, 1.82) is 0 Å². The largest absolute Gasteiger partial charge is 0.205 e. The highest BCUT2D eigenvalue weighted by Crippen LogP contribution is 2.28. The molecule has 0 amide bonds. The molecule has 3 rings (SSSR count). The number of unbranched alkanes of at least 4 members (excludes halogenated alkanes) is 1. The van der Waals surface area contributed by atoms with Gasteiger partial charge in [0, 0.05) is 11.1 Å². The lowest BCUT2D eigenvalue weighted by Gasteiger charge is -2.15. The van der Waals surface area contributed by atoms with Crippen LogP contribution in [0.15, 0.2) is 65.7 Å². The fraction of sp³-hybridized carbons (Fsp3) is 0.233. The maximum absolute atomic E-state index is 14.2. The Hall–Kier alpha value is -3.56. The van der Waals surface area contributed by atoms with E-state index in [2.05, 4.69) is 79.1 Å². The molecule has 0 heterocycles. The first-order valence-electron chi connectivity index (χ1n) is 11.3. The fourth-order valence-electron chi connectivity index (χ4n) is 3.77. The van der Waals surface area contributed by atoms with Crippen molar-refractivity contribution in [3.05, 3.63) is 94.6 Å². The van der Waals surface area contributed by atoms with E-state index in [1.165, 1.54) is 24.8 Å². The zero-order chi connectivity index (χ0) is 24.3. The second kappa shape index (κ2) is 12.6. The Balaban J connectivity index is 1.74. The van der Waals surface area contributed by atoms with Gasteiger partial charge in [0.15, 0.2) is 0 Å². The first-order chi connectivity index (χ1) is 16.5. The summed E-state index contributed by atoms with van der Waals surface area (Å²) in [6, 6.07) is 21.1. The molecule has 3 aromatic rings. The number of rotatable bonds is 6. The van der Waals surface area contributed by atoms with Crippen LogP contribution < -0.4 is 0 Å². The van der Waals surface area contributed by atoms with Gasteiger partial charge in [-0.25, -0.2) is 8.78 Å². The zero-order valence-corrected chi connectivity index (χ0v) is 20.1. The van der Waals surface area contributed by atoms with E-state index >= 15 is 0 Å². The van der Waals surface area contributed by atoms with E-state index in [1.807, 2.05) is 29.4 Å². The third-order valence-electron chi connectivity index (χ3n) is 5.67. The number of hydrogen-bond acceptors (Lipinski definition) is 2. The van der Waals surface area contributed by atoms with Crippen molar-refractivity contribution in [3.63, 3.8) is 0 Å². The van der Waals surface area contributed by atoms with Crippen molar-refractivity contribution in [3.8, 4) is 34.9 Å². The van der Waals surface area contributed by atoms with E-state index in [0.717, 1.165) is 35.2 Å². The van der Waals surface area contributed by atoms with Gasteiger partial charge in [-0.2, -0.15) is 0 Å². The summed E-state index contributed by atoms with van der Waals surface area (Å²) in [6.07, 6.45) is 4.85. The van der Waals surface area contributed by atoms with E-state index in [0.29, 0.717) is 5.92 Å². The summed E-state index contributed by atoms with van der Waals surface area (Å²) in [5.74, 6) is 7.07. The highest BCUT2D eigenvalue weighted by atomic mass is 32.1. The minimum Gasteiger partial charge on any atom is -0.205 e. The van der Waals surface area contributed by atoms with E-state index in [4.69, 9.17) is 0 Å². The summed E-state index contributed by atoms with van der Waals surface area (Å²) in [5.41, 5.74) is 4.25. The second-order valence-electron chi connectivity index (χ2n) is 7.95. The second-order valence-corrected chi connectivity index (χ2v) is 8.13. The Labute approximate surface area is 206 Å². The third-order valence-corrected chi connectivity index (χ3v) is 5.77. The first kappa shape index (κ1) is 25.1. The summed E-state index contributed by atoms with van der Waals surface area (Å²) >= 11 is 4.38. The van der Waals surface area contributed by atoms with E-state index in [9.17, 15) is 8.78 Å². The average molecular weight is 470 g/mol. The molecule has 0 aliphatic carbocycles.